The zero-order valence-electron chi connectivity index (χ0n) is 38.8. The van der Waals surface area contributed by atoms with E-state index in [1.165, 1.54) is 148 Å². The van der Waals surface area contributed by atoms with Gasteiger partial charge in [0.1, 0.15) is 0 Å². The normalized spacial score (nSPS) is 36.4. The van der Waals surface area contributed by atoms with Gasteiger partial charge in [-0.2, -0.15) is 0 Å². The van der Waals surface area contributed by atoms with Gasteiger partial charge < -0.3 is 4.90 Å². The molecule has 1 aromatic rings. The molecule has 1 aromatic heterocycles. The number of hydrogen-bond donors (Lipinski definition) is 0. The third kappa shape index (κ3) is 8.51. The Bertz CT molecular complexity index is 1820. The molecule has 2 heterocycles. The Labute approximate surface area is 384 Å². The smallest absolute Gasteiger partial charge is 0.0610 e. The lowest BCUT2D eigenvalue weighted by molar-refractivity contribution is 0.0887. The maximum atomic E-state index is 4.10. The summed E-state index contributed by atoms with van der Waals surface area (Å²) in [6, 6.07) is 3.99. The first-order valence-electron chi connectivity index (χ1n) is 25.8. The summed E-state index contributed by atoms with van der Waals surface area (Å²) in [5.41, 5.74) is 9.59. The number of aryl methyl sites for hydroxylation is 1. The standard InChI is InChI=1S/C56H82BrNS2/c1-7-9-11-13-19-38-33-51(54-39(34-52(57)60-54)20-14-12-10-8-2)59-53(38)37-25-27-40(28-26-37)58(41-29-31-45-43-21-15-17-23-47(43)55(3,4)49(45)35-41)42-30-32-46-44-22-16-18-24-48(44)56(5,6)50(46)36-42/h15,17,21,25,32-33,35,39-40,42,44-45,47-50,52,54H,7-14,16,18-20,22-24,26-31,34,36H2,1-6H3/t39-,40?,42?,44-,45-,47+,48?,49?,50+,52-,54?/m1/s1. The van der Waals surface area contributed by atoms with Crippen LogP contribution in [0.15, 0.2) is 59.4 Å². The van der Waals surface area contributed by atoms with Gasteiger partial charge in [-0.05, 0) is 159 Å². The number of hydrogen-bond acceptors (Lipinski definition) is 3. The molecule has 4 fully saturated rings. The van der Waals surface area contributed by atoms with E-state index in [1.54, 1.807) is 32.2 Å². The van der Waals surface area contributed by atoms with E-state index < -0.39 is 0 Å². The largest absolute Gasteiger partial charge is 0.368 e. The van der Waals surface area contributed by atoms with Crippen molar-refractivity contribution in [1.82, 2.24) is 4.90 Å². The van der Waals surface area contributed by atoms with Crippen molar-refractivity contribution in [2.45, 2.75) is 211 Å². The van der Waals surface area contributed by atoms with E-state index in [0.29, 0.717) is 38.2 Å². The number of allylic oxidation sites excluding steroid dienone is 8. The van der Waals surface area contributed by atoms with Gasteiger partial charge in [0.2, 0.25) is 0 Å². The minimum atomic E-state index is 0.326. The monoisotopic (exact) mass is 912 g/mol. The number of thiophene rings is 1. The Morgan fingerprint density at radius 3 is 2.37 bits per heavy atom. The van der Waals surface area contributed by atoms with E-state index >= 15 is 0 Å². The summed E-state index contributed by atoms with van der Waals surface area (Å²) < 4.78 is 0.610. The van der Waals surface area contributed by atoms with Gasteiger partial charge in [0, 0.05) is 32.8 Å². The van der Waals surface area contributed by atoms with Gasteiger partial charge in [-0.1, -0.05) is 163 Å². The van der Waals surface area contributed by atoms with Crippen LogP contribution >= 0.6 is 39.0 Å². The topological polar surface area (TPSA) is 3.24 Å². The molecule has 0 amide bonds. The number of thioether (sulfide) groups is 1. The lowest BCUT2D eigenvalue weighted by atomic mass is 9.68. The Kier molecular flexibility index (Phi) is 13.9. The van der Waals surface area contributed by atoms with Crippen LogP contribution in [0.25, 0.3) is 5.57 Å². The molecule has 0 bridgehead atoms. The van der Waals surface area contributed by atoms with Gasteiger partial charge in [-0.3, -0.25) is 0 Å². The fourth-order valence-corrected chi connectivity index (χ4v) is 19.3. The van der Waals surface area contributed by atoms with Crippen molar-refractivity contribution in [3.8, 4) is 0 Å². The van der Waals surface area contributed by atoms with Crippen molar-refractivity contribution in [2.24, 2.45) is 52.3 Å². The highest BCUT2D eigenvalue weighted by molar-refractivity contribution is 9.11. The summed E-state index contributed by atoms with van der Waals surface area (Å²) in [7, 11) is 0. The summed E-state index contributed by atoms with van der Waals surface area (Å²) in [4.78, 5) is 6.54. The van der Waals surface area contributed by atoms with E-state index in [4.69, 9.17) is 0 Å². The van der Waals surface area contributed by atoms with E-state index in [9.17, 15) is 0 Å². The lowest BCUT2D eigenvalue weighted by Crippen LogP contribution is -2.47. The van der Waals surface area contributed by atoms with Crippen LogP contribution in [0.5, 0.6) is 0 Å². The highest BCUT2D eigenvalue weighted by Gasteiger charge is 2.55. The molecule has 60 heavy (non-hydrogen) atoms. The van der Waals surface area contributed by atoms with E-state index in [0.717, 1.165) is 35.5 Å². The Balaban J connectivity index is 1.01. The first kappa shape index (κ1) is 44.2. The van der Waals surface area contributed by atoms with Crippen molar-refractivity contribution in [2.75, 3.05) is 0 Å². The summed E-state index contributed by atoms with van der Waals surface area (Å²) in [5, 5.41) is 0.668. The number of unbranched alkanes of at least 4 members (excludes halogenated alkanes) is 6. The minimum absolute atomic E-state index is 0.326. The highest BCUT2D eigenvalue weighted by atomic mass is 79.9. The molecule has 9 rings (SSSR count). The molecule has 4 heteroatoms. The second kappa shape index (κ2) is 18.9. The van der Waals surface area contributed by atoms with Gasteiger partial charge in [0.25, 0.3) is 0 Å². The van der Waals surface area contributed by atoms with Crippen LogP contribution in [0.1, 0.15) is 203 Å². The average molecular weight is 913 g/mol. The molecule has 1 aliphatic heterocycles. The number of nitrogens with zero attached hydrogens (tertiary/aromatic N) is 1. The van der Waals surface area contributed by atoms with Crippen molar-refractivity contribution in [3.05, 3.63) is 74.7 Å². The quantitative estimate of drug-likeness (QED) is 0.0980. The first-order valence-corrected chi connectivity index (χ1v) is 28.4. The van der Waals surface area contributed by atoms with Crippen molar-refractivity contribution < 1.29 is 0 Å². The van der Waals surface area contributed by atoms with Crippen molar-refractivity contribution in [3.63, 3.8) is 0 Å². The Morgan fingerprint density at radius 2 is 1.57 bits per heavy atom. The van der Waals surface area contributed by atoms with Crippen molar-refractivity contribution in [1.29, 1.82) is 0 Å². The van der Waals surface area contributed by atoms with E-state index in [1.807, 2.05) is 5.57 Å². The highest BCUT2D eigenvalue weighted by Crippen LogP contribution is 2.64. The molecular weight excluding hydrogens is 831 g/mol. The molecule has 5 unspecified atom stereocenters. The fraction of sp³-hybridized carbons (Fsp3) is 0.750. The summed E-state index contributed by atoms with van der Waals surface area (Å²) in [6.07, 6.45) is 47.0. The van der Waals surface area contributed by atoms with Crippen LogP contribution < -0.4 is 0 Å². The van der Waals surface area contributed by atoms with Crippen LogP contribution in [0, 0.1) is 52.3 Å². The third-order valence-corrected chi connectivity index (χ3v) is 22.3. The van der Waals surface area contributed by atoms with Crippen LogP contribution in [0.2, 0.25) is 0 Å². The van der Waals surface area contributed by atoms with Gasteiger partial charge in [0.05, 0.1) is 4.16 Å². The van der Waals surface area contributed by atoms with Crippen LogP contribution in [0.3, 0.4) is 0 Å². The maximum Gasteiger partial charge on any atom is 0.0610 e. The SMILES string of the molecule is CCCCCCc1cc(C2S[C@@H](Br)C[C@H]2CCCCCC)sc1C1=CCC(N(C2=CC3[C@H](CC2)C2=CC=CC[C@@H]2C3(C)C)C2CC=C3[C@H]4CCCCC4C(C)(C)[C@H]3C2)CC1. The molecular formula is C56H82BrNS2. The molecule has 330 valence electrons. The van der Waals surface area contributed by atoms with E-state index in [-0.39, 0.29) is 0 Å². The zero-order valence-corrected chi connectivity index (χ0v) is 42.0. The predicted octanol–water partition coefficient (Wildman–Crippen LogP) is 17.6. The molecule has 0 N–H and O–H groups in total. The third-order valence-electron chi connectivity index (χ3n) is 18.3. The second-order valence-electron chi connectivity index (χ2n) is 22.4. The van der Waals surface area contributed by atoms with Gasteiger partial charge in [-0.25, -0.2) is 0 Å². The van der Waals surface area contributed by atoms with Crippen LogP contribution in [-0.2, 0) is 6.42 Å². The number of alkyl halides is 1. The molecule has 8 aliphatic rings. The average Bonchev–Trinajstić information content (AvgIpc) is 3.97. The molecule has 1 nitrogen and oxygen atoms in total. The van der Waals surface area contributed by atoms with E-state index in [2.05, 4.69) is 128 Å². The van der Waals surface area contributed by atoms with Gasteiger partial charge in [-0.15, -0.1) is 23.1 Å². The second-order valence-corrected chi connectivity index (χ2v) is 26.6. The molecule has 1 saturated heterocycles. The summed E-state index contributed by atoms with van der Waals surface area (Å²) in [6.45, 7) is 15.3. The molecule has 0 radical (unpaired) electrons. The molecule has 7 aliphatic carbocycles. The summed E-state index contributed by atoms with van der Waals surface area (Å²) >= 11 is 8.56. The maximum absolute atomic E-state index is 4.10. The Morgan fingerprint density at radius 1 is 0.767 bits per heavy atom. The fourth-order valence-electron chi connectivity index (χ4n) is 15.1. The van der Waals surface area contributed by atoms with Gasteiger partial charge >= 0.3 is 0 Å². The molecule has 0 spiro atoms. The van der Waals surface area contributed by atoms with Gasteiger partial charge in [0.15, 0.2) is 0 Å². The molecule has 11 atom stereocenters. The number of fused-ring (bicyclic) bond motifs is 6. The predicted molar refractivity (Wildman–Crippen MR) is 267 cm³/mol. The molecule has 0 aromatic carbocycles. The van der Waals surface area contributed by atoms with Crippen molar-refractivity contribution >= 4 is 44.6 Å². The number of rotatable bonds is 15. The van der Waals surface area contributed by atoms with Crippen LogP contribution in [-0.4, -0.2) is 21.1 Å². The minimum Gasteiger partial charge on any atom is -0.368 e. The summed E-state index contributed by atoms with van der Waals surface area (Å²) in [5.74, 6) is 5.49. The lowest BCUT2D eigenvalue weighted by Gasteiger charge is -2.48. The zero-order chi connectivity index (χ0) is 41.6. The molecule has 3 saturated carbocycles. The number of halogens is 1. The Hall–Kier alpha value is -0.970. The first-order chi connectivity index (χ1) is 29.1. The van der Waals surface area contributed by atoms with Crippen LogP contribution in [0.4, 0.5) is 0 Å².